The molecule has 3 nitrogen and oxygen atoms in total. The molecule has 0 aliphatic carbocycles. The minimum Gasteiger partial charge on any atom is -0.268 e. The Bertz CT molecular complexity index is 1140. The van der Waals surface area contributed by atoms with Gasteiger partial charge < -0.3 is 0 Å². The first-order valence-corrected chi connectivity index (χ1v) is 8.85. The van der Waals surface area contributed by atoms with Crippen LogP contribution in [0.15, 0.2) is 82.1 Å². The van der Waals surface area contributed by atoms with Gasteiger partial charge in [0.05, 0.1) is 21.6 Å². The van der Waals surface area contributed by atoms with Gasteiger partial charge in [0, 0.05) is 10.0 Å². The lowest BCUT2D eigenvalue weighted by Gasteiger charge is -2.14. The molecular formula is C20H12BrClN2O. The Labute approximate surface area is 157 Å². The quantitative estimate of drug-likeness (QED) is 0.438. The van der Waals surface area contributed by atoms with Gasteiger partial charge in [-0.15, -0.1) is 0 Å². The maximum Gasteiger partial charge on any atom is 0.266 e. The van der Waals surface area contributed by atoms with Crippen LogP contribution in [0.1, 0.15) is 0 Å². The van der Waals surface area contributed by atoms with E-state index in [0.29, 0.717) is 27.3 Å². The Kier molecular flexibility index (Phi) is 4.15. The van der Waals surface area contributed by atoms with E-state index in [1.807, 2.05) is 60.7 Å². The highest BCUT2D eigenvalue weighted by molar-refractivity contribution is 9.10. The van der Waals surface area contributed by atoms with Crippen LogP contribution in [-0.4, -0.2) is 9.55 Å². The fourth-order valence-electron chi connectivity index (χ4n) is 2.80. The molecule has 0 aliphatic rings. The van der Waals surface area contributed by atoms with Gasteiger partial charge in [-0.3, -0.25) is 9.36 Å². The van der Waals surface area contributed by atoms with E-state index in [1.54, 1.807) is 16.7 Å². The van der Waals surface area contributed by atoms with Gasteiger partial charge in [0.15, 0.2) is 0 Å². The second-order valence-electron chi connectivity index (χ2n) is 5.55. The van der Waals surface area contributed by atoms with Gasteiger partial charge in [-0.25, -0.2) is 4.98 Å². The Balaban J connectivity index is 2.16. The van der Waals surface area contributed by atoms with Gasteiger partial charge in [-0.2, -0.15) is 0 Å². The molecule has 5 heteroatoms. The molecule has 0 radical (unpaired) electrons. The first-order valence-electron chi connectivity index (χ1n) is 7.68. The van der Waals surface area contributed by atoms with E-state index in [0.717, 1.165) is 10.2 Å². The summed E-state index contributed by atoms with van der Waals surface area (Å²) in [6.45, 7) is 0. The summed E-state index contributed by atoms with van der Waals surface area (Å²) in [6, 6.07) is 22.3. The third kappa shape index (κ3) is 2.88. The summed E-state index contributed by atoms with van der Waals surface area (Å²) < 4.78 is 2.48. The molecule has 1 heterocycles. The number of fused-ring (bicyclic) bond motifs is 1. The van der Waals surface area contributed by atoms with Crippen LogP contribution in [0.4, 0.5) is 0 Å². The summed E-state index contributed by atoms with van der Waals surface area (Å²) in [6.07, 6.45) is 0. The Morgan fingerprint density at radius 3 is 2.40 bits per heavy atom. The summed E-state index contributed by atoms with van der Waals surface area (Å²) in [5.74, 6) is 0.521. The van der Waals surface area contributed by atoms with Crippen molar-refractivity contribution in [3.63, 3.8) is 0 Å². The SMILES string of the molecule is O=c1c2ccc(Br)cc2nc(-c2ccccc2Cl)n1-c1ccccc1. The van der Waals surface area contributed by atoms with E-state index in [9.17, 15) is 4.79 Å². The van der Waals surface area contributed by atoms with Crippen molar-refractivity contribution in [3.05, 3.63) is 92.6 Å². The van der Waals surface area contributed by atoms with Gasteiger partial charge >= 0.3 is 0 Å². The number of para-hydroxylation sites is 1. The van der Waals surface area contributed by atoms with E-state index in [1.165, 1.54) is 0 Å². The van der Waals surface area contributed by atoms with Crippen LogP contribution in [0.25, 0.3) is 28.0 Å². The van der Waals surface area contributed by atoms with Crippen molar-refractivity contribution in [1.82, 2.24) is 9.55 Å². The fourth-order valence-corrected chi connectivity index (χ4v) is 3.37. The predicted octanol–water partition coefficient (Wildman–Crippen LogP) is 5.47. The zero-order valence-electron chi connectivity index (χ0n) is 13.0. The predicted molar refractivity (Wildman–Crippen MR) is 105 cm³/mol. The molecule has 0 unspecified atom stereocenters. The molecule has 4 rings (SSSR count). The summed E-state index contributed by atoms with van der Waals surface area (Å²) >= 11 is 9.83. The third-order valence-electron chi connectivity index (χ3n) is 3.96. The van der Waals surface area contributed by atoms with Crippen molar-refractivity contribution in [2.75, 3.05) is 0 Å². The van der Waals surface area contributed by atoms with Crippen LogP contribution in [0.3, 0.4) is 0 Å². The zero-order valence-corrected chi connectivity index (χ0v) is 15.3. The van der Waals surface area contributed by atoms with E-state index in [4.69, 9.17) is 16.6 Å². The second kappa shape index (κ2) is 6.47. The maximum absolute atomic E-state index is 13.2. The van der Waals surface area contributed by atoms with E-state index >= 15 is 0 Å². The van der Waals surface area contributed by atoms with Gasteiger partial charge in [0.25, 0.3) is 5.56 Å². The smallest absolute Gasteiger partial charge is 0.266 e. The molecule has 0 bridgehead atoms. The van der Waals surface area contributed by atoms with Crippen LogP contribution >= 0.6 is 27.5 Å². The highest BCUT2D eigenvalue weighted by Gasteiger charge is 2.16. The van der Waals surface area contributed by atoms with Gasteiger partial charge in [0.2, 0.25) is 0 Å². The van der Waals surface area contributed by atoms with Crippen molar-refractivity contribution in [2.24, 2.45) is 0 Å². The average molecular weight is 412 g/mol. The molecule has 0 fully saturated rings. The lowest BCUT2D eigenvalue weighted by atomic mass is 10.1. The number of nitrogens with zero attached hydrogens (tertiary/aromatic N) is 2. The number of benzene rings is 3. The largest absolute Gasteiger partial charge is 0.268 e. The van der Waals surface area contributed by atoms with Crippen LogP contribution in [0.5, 0.6) is 0 Å². The van der Waals surface area contributed by atoms with Crippen LogP contribution in [-0.2, 0) is 0 Å². The van der Waals surface area contributed by atoms with E-state index in [2.05, 4.69) is 15.9 Å². The van der Waals surface area contributed by atoms with Crippen molar-refractivity contribution in [1.29, 1.82) is 0 Å². The van der Waals surface area contributed by atoms with Crippen molar-refractivity contribution in [2.45, 2.75) is 0 Å². The number of halogens is 2. The minimum atomic E-state index is -0.126. The first kappa shape index (κ1) is 16.1. The molecule has 122 valence electrons. The highest BCUT2D eigenvalue weighted by atomic mass is 79.9. The summed E-state index contributed by atoms with van der Waals surface area (Å²) in [4.78, 5) is 18.0. The molecule has 0 aliphatic heterocycles. The standard InChI is InChI=1S/C20H12BrClN2O/c21-13-10-11-16-18(12-13)23-19(15-8-4-5-9-17(15)22)24(20(16)25)14-6-2-1-3-7-14/h1-12H. The van der Waals surface area contributed by atoms with Crippen molar-refractivity contribution in [3.8, 4) is 17.1 Å². The Morgan fingerprint density at radius 2 is 1.64 bits per heavy atom. The molecule has 25 heavy (non-hydrogen) atoms. The molecule has 0 atom stereocenters. The summed E-state index contributed by atoms with van der Waals surface area (Å²) in [5, 5.41) is 1.11. The maximum atomic E-state index is 13.2. The fraction of sp³-hybridized carbons (Fsp3) is 0. The van der Waals surface area contributed by atoms with Gasteiger partial charge in [-0.05, 0) is 42.5 Å². The van der Waals surface area contributed by atoms with Crippen LogP contribution in [0, 0.1) is 0 Å². The summed E-state index contributed by atoms with van der Waals surface area (Å²) in [7, 11) is 0. The Hall–Kier alpha value is -2.43. The monoisotopic (exact) mass is 410 g/mol. The molecule has 3 aromatic carbocycles. The highest BCUT2D eigenvalue weighted by Crippen LogP contribution is 2.28. The topological polar surface area (TPSA) is 34.9 Å². The zero-order chi connectivity index (χ0) is 17.4. The van der Waals surface area contributed by atoms with Crippen LogP contribution in [0.2, 0.25) is 5.02 Å². The third-order valence-corrected chi connectivity index (χ3v) is 4.78. The van der Waals surface area contributed by atoms with Crippen molar-refractivity contribution >= 4 is 38.4 Å². The molecule has 0 saturated heterocycles. The number of rotatable bonds is 2. The molecular weight excluding hydrogens is 400 g/mol. The second-order valence-corrected chi connectivity index (χ2v) is 6.88. The molecule has 4 aromatic rings. The number of hydrogen-bond donors (Lipinski definition) is 0. The lowest BCUT2D eigenvalue weighted by Crippen LogP contribution is -2.22. The summed E-state index contributed by atoms with van der Waals surface area (Å²) in [5.41, 5.74) is 1.96. The lowest BCUT2D eigenvalue weighted by molar-refractivity contribution is 0.976. The molecule has 1 aromatic heterocycles. The average Bonchev–Trinajstić information content (AvgIpc) is 2.62. The molecule has 0 saturated carbocycles. The molecule has 0 amide bonds. The van der Waals surface area contributed by atoms with Gasteiger partial charge in [0.1, 0.15) is 5.82 Å². The van der Waals surface area contributed by atoms with Crippen molar-refractivity contribution < 1.29 is 0 Å². The molecule has 0 N–H and O–H groups in total. The number of hydrogen-bond acceptors (Lipinski definition) is 2. The number of aromatic nitrogens is 2. The first-order chi connectivity index (χ1) is 12.1. The van der Waals surface area contributed by atoms with Gasteiger partial charge in [-0.1, -0.05) is 57.9 Å². The Morgan fingerprint density at radius 1 is 0.920 bits per heavy atom. The normalized spacial score (nSPS) is 11.0. The minimum absolute atomic E-state index is 0.126. The van der Waals surface area contributed by atoms with E-state index < -0.39 is 0 Å². The van der Waals surface area contributed by atoms with Crippen LogP contribution < -0.4 is 5.56 Å². The van der Waals surface area contributed by atoms with E-state index in [-0.39, 0.29) is 5.56 Å². The molecule has 0 spiro atoms.